The van der Waals surface area contributed by atoms with Crippen molar-refractivity contribution in [3.8, 4) is 0 Å². The van der Waals surface area contributed by atoms with Crippen LogP contribution < -0.4 is 5.32 Å². The number of nitrogens with one attached hydrogen (secondary N) is 1. The van der Waals surface area contributed by atoms with Gasteiger partial charge in [0.05, 0.1) is 5.02 Å². The lowest BCUT2D eigenvalue weighted by Gasteiger charge is -2.09. The molecule has 0 aliphatic heterocycles. The second-order valence-electron chi connectivity index (χ2n) is 3.83. The van der Waals surface area contributed by atoms with E-state index < -0.39 is 23.2 Å². The zero-order valence-electron chi connectivity index (χ0n) is 9.68. The molecule has 0 atom stereocenters. The highest BCUT2D eigenvalue weighted by atomic mass is 79.9. The molecule has 0 unspecified atom stereocenters. The molecule has 0 aliphatic rings. The maximum atomic E-state index is 13.6. The quantitative estimate of drug-likeness (QED) is 0.686. The number of anilines is 1. The van der Waals surface area contributed by atoms with Gasteiger partial charge in [-0.25, -0.2) is 8.78 Å². The van der Waals surface area contributed by atoms with Gasteiger partial charge in [-0.2, -0.15) is 0 Å². The van der Waals surface area contributed by atoms with E-state index >= 15 is 0 Å². The number of carbonyl (C=O) groups is 1. The Kier molecular flexibility index (Phi) is 4.78. The van der Waals surface area contributed by atoms with Crippen LogP contribution in [0.4, 0.5) is 14.5 Å². The molecule has 2 aromatic rings. The molecule has 0 radical (unpaired) electrons. The molecule has 7 heteroatoms. The minimum Gasteiger partial charge on any atom is -0.317 e. The van der Waals surface area contributed by atoms with Crippen molar-refractivity contribution < 1.29 is 13.6 Å². The van der Waals surface area contributed by atoms with Gasteiger partial charge in [-0.3, -0.25) is 4.79 Å². The number of rotatable bonds is 2. The molecular weight excluding hydrogens is 419 g/mol. The third-order valence-corrected chi connectivity index (χ3v) is 4.10. The van der Waals surface area contributed by atoms with E-state index in [2.05, 4.69) is 37.2 Å². The fourth-order valence-corrected chi connectivity index (χ4v) is 2.38. The van der Waals surface area contributed by atoms with E-state index in [4.69, 9.17) is 11.6 Å². The monoisotopic (exact) mass is 423 g/mol. The zero-order chi connectivity index (χ0) is 14.9. The van der Waals surface area contributed by atoms with E-state index in [0.717, 1.165) is 12.1 Å². The van der Waals surface area contributed by atoms with Crippen molar-refractivity contribution in [2.24, 2.45) is 0 Å². The topological polar surface area (TPSA) is 29.1 Å². The van der Waals surface area contributed by atoms with E-state index in [-0.39, 0.29) is 10.0 Å². The number of hydrogen-bond acceptors (Lipinski definition) is 1. The lowest BCUT2D eigenvalue weighted by atomic mass is 10.2. The number of benzene rings is 2. The average molecular weight is 425 g/mol. The number of hydrogen-bond donors (Lipinski definition) is 1. The van der Waals surface area contributed by atoms with Gasteiger partial charge in [-0.15, -0.1) is 0 Å². The zero-order valence-corrected chi connectivity index (χ0v) is 13.6. The Morgan fingerprint density at radius 1 is 1.10 bits per heavy atom. The summed E-state index contributed by atoms with van der Waals surface area (Å²) in [6.07, 6.45) is 0. The van der Waals surface area contributed by atoms with Crippen LogP contribution in [-0.4, -0.2) is 5.91 Å². The highest BCUT2D eigenvalue weighted by Gasteiger charge is 2.15. The van der Waals surface area contributed by atoms with Crippen LogP contribution in [0.25, 0.3) is 0 Å². The summed E-state index contributed by atoms with van der Waals surface area (Å²) in [5.41, 5.74) is -0.271. The first kappa shape index (κ1) is 15.4. The first-order valence-electron chi connectivity index (χ1n) is 5.29. The van der Waals surface area contributed by atoms with Gasteiger partial charge in [-0.05, 0) is 46.3 Å². The molecule has 0 saturated heterocycles. The summed E-state index contributed by atoms with van der Waals surface area (Å²) in [5, 5.41) is 2.63. The van der Waals surface area contributed by atoms with Crippen molar-refractivity contribution in [3.63, 3.8) is 0 Å². The Labute approximate surface area is 135 Å². The summed E-state index contributed by atoms with van der Waals surface area (Å²) in [5.74, 6) is -2.36. The molecule has 20 heavy (non-hydrogen) atoms. The van der Waals surface area contributed by atoms with Gasteiger partial charge in [0.2, 0.25) is 0 Å². The predicted molar refractivity (Wildman–Crippen MR) is 81.2 cm³/mol. The van der Waals surface area contributed by atoms with Gasteiger partial charge in [0.1, 0.15) is 5.69 Å². The molecule has 0 bridgehead atoms. The molecule has 2 nitrogen and oxygen atoms in total. The van der Waals surface area contributed by atoms with Crippen LogP contribution in [0.5, 0.6) is 0 Å². The third-order valence-electron chi connectivity index (χ3n) is 2.43. The summed E-state index contributed by atoms with van der Waals surface area (Å²) in [6, 6.07) is 6.56. The Balaban J connectivity index is 2.30. The standard InChI is InChI=1S/C13H6Br2ClF2NO/c14-7-4-10(17)12(11(18)5-7)19-13(20)6-1-2-9(16)8(15)3-6/h1-5H,(H,19,20). The van der Waals surface area contributed by atoms with E-state index in [1.54, 1.807) is 0 Å². The van der Waals surface area contributed by atoms with Gasteiger partial charge >= 0.3 is 0 Å². The van der Waals surface area contributed by atoms with Crippen LogP contribution in [-0.2, 0) is 0 Å². The summed E-state index contributed by atoms with van der Waals surface area (Å²) in [7, 11) is 0. The van der Waals surface area contributed by atoms with E-state index in [0.29, 0.717) is 9.50 Å². The van der Waals surface area contributed by atoms with Gasteiger partial charge < -0.3 is 5.32 Å². The minimum atomic E-state index is -0.863. The van der Waals surface area contributed by atoms with Crippen LogP contribution in [0.2, 0.25) is 5.02 Å². The molecule has 2 aromatic carbocycles. The molecular formula is C13H6Br2ClF2NO. The van der Waals surface area contributed by atoms with Gasteiger partial charge in [0.15, 0.2) is 11.6 Å². The Morgan fingerprint density at radius 2 is 1.70 bits per heavy atom. The molecule has 0 heterocycles. The Hall–Kier alpha value is -0.980. The minimum absolute atomic E-state index is 0.225. The Bertz CT molecular complexity index is 671. The third kappa shape index (κ3) is 3.37. The molecule has 0 saturated carbocycles. The maximum absolute atomic E-state index is 13.6. The molecule has 2 rings (SSSR count). The lowest BCUT2D eigenvalue weighted by molar-refractivity contribution is 0.102. The molecule has 1 amide bonds. The number of amides is 1. The fraction of sp³-hybridized carbons (Fsp3) is 0. The second-order valence-corrected chi connectivity index (χ2v) is 6.00. The molecule has 0 aromatic heterocycles. The first-order chi connectivity index (χ1) is 9.38. The van der Waals surface area contributed by atoms with Crippen molar-refractivity contribution >= 4 is 55.1 Å². The largest absolute Gasteiger partial charge is 0.317 e. The average Bonchev–Trinajstić information content (AvgIpc) is 2.36. The second kappa shape index (κ2) is 6.20. The number of halogens is 5. The summed E-state index contributed by atoms with van der Waals surface area (Å²) >= 11 is 11.9. The van der Waals surface area contributed by atoms with Gasteiger partial charge in [0, 0.05) is 14.5 Å². The van der Waals surface area contributed by atoms with E-state index in [9.17, 15) is 13.6 Å². The van der Waals surface area contributed by atoms with Crippen molar-refractivity contribution in [1.29, 1.82) is 0 Å². The van der Waals surface area contributed by atoms with E-state index in [1.807, 2.05) is 0 Å². The maximum Gasteiger partial charge on any atom is 0.255 e. The molecule has 104 valence electrons. The van der Waals surface area contributed by atoms with Crippen LogP contribution >= 0.6 is 43.5 Å². The highest BCUT2D eigenvalue weighted by Crippen LogP contribution is 2.26. The van der Waals surface area contributed by atoms with Crippen molar-refractivity contribution in [3.05, 3.63) is 61.5 Å². The van der Waals surface area contributed by atoms with Crippen molar-refractivity contribution in [2.75, 3.05) is 5.32 Å². The first-order valence-corrected chi connectivity index (χ1v) is 7.26. The van der Waals surface area contributed by atoms with Crippen LogP contribution in [0.3, 0.4) is 0 Å². The normalized spacial score (nSPS) is 10.4. The summed E-state index contributed by atoms with van der Waals surface area (Å²) < 4.78 is 28.0. The lowest BCUT2D eigenvalue weighted by Crippen LogP contribution is -2.14. The summed E-state index contributed by atoms with van der Waals surface area (Å²) in [4.78, 5) is 11.9. The van der Waals surface area contributed by atoms with Crippen molar-refractivity contribution in [1.82, 2.24) is 0 Å². The Morgan fingerprint density at radius 3 is 2.25 bits per heavy atom. The fourth-order valence-electron chi connectivity index (χ4n) is 1.48. The highest BCUT2D eigenvalue weighted by molar-refractivity contribution is 9.10. The SMILES string of the molecule is O=C(Nc1c(F)cc(Br)cc1F)c1ccc(Cl)c(Br)c1. The number of carbonyl (C=O) groups excluding carboxylic acids is 1. The van der Waals surface area contributed by atoms with Crippen LogP contribution in [0.1, 0.15) is 10.4 Å². The van der Waals surface area contributed by atoms with Gasteiger partial charge in [-0.1, -0.05) is 27.5 Å². The van der Waals surface area contributed by atoms with Crippen LogP contribution in [0.15, 0.2) is 39.3 Å². The predicted octanol–water partition coefficient (Wildman–Crippen LogP) is 5.40. The molecule has 0 spiro atoms. The van der Waals surface area contributed by atoms with Gasteiger partial charge in [0.25, 0.3) is 5.91 Å². The molecule has 0 aliphatic carbocycles. The summed E-state index contributed by atoms with van der Waals surface area (Å²) in [6.45, 7) is 0. The van der Waals surface area contributed by atoms with Crippen molar-refractivity contribution in [2.45, 2.75) is 0 Å². The van der Waals surface area contributed by atoms with Crippen LogP contribution in [0, 0.1) is 11.6 Å². The molecule has 1 N–H and O–H groups in total. The molecule has 0 fully saturated rings. The smallest absolute Gasteiger partial charge is 0.255 e. The van der Waals surface area contributed by atoms with E-state index in [1.165, 1.54) is 18.2 Å².